The Balaban J connectivity index is 0.000000207. The zero-order valence-electron chi connectivity index (χ0n) is 13.8. The number of benzene rings is 2. The van der Waals surface area contributed by atoms with Crippen molar-refractivity contribution in [2.24, 2.45) is 0 Å². The first-order valence-electron chi connectivity index (χ1n) is 7.92. The van der Waals surface area contributed by atoms with E-state index in [0.717, 1.165) is 16.7 Å². The minimum Gasteiger partial charge on any atom is -0.214 e. The molecule has 128 valence electrons. The van der Waals surface area contributed by atoms with Crippen molar-refractivity contribution in [3.63, 3.8) is 0 Å². The van der Waals surface area contributed by atoms with Crippen LogP contribution in [0.5, 0.6) is 0 Å². The third-order valence-corrected chi connectivity index (χ3v) is 3.68. The Morgan fingerprint density at radius 1 is 0.808 bits per heavy atom. The molecule has 5 aromatic rings. The summed E-state index contributed by atoms with van der Waals surface area (Å²) >= 11 is -0.826. The van der Waals surface area contributed by atoms with Crippen molar-refractivity contribution in [3.05, 3.63) is 91.0 Å². The predicted octanol–water partition coefficient (Wildman–Crippen LogP) is 6.07. The van der Waals surface area contributed by atoms with Crippen LogP contribution in [-0.2, 0) is 20.8 Å². The van der Waals surface area contributed by atoms with Crippen molar-refractivity contribution in [2.45, 2.75) is 0 Å². The van der Waals surface area contributed by atoms with Gasteiger partial charge in [0.25, 0.3) is 0 Å². The summed E-state index contributed by atoms with van der Waals surface area (Å²) in [5, 5.41) is 11.4. The van der Waals surface area contributed by atoms with Crippen molar-refractivity contribution < 1.29 is 20.8 Å². The molecule has 0 saturated carbocycles. The molecule has 0 bridgehead atoms. The van der Waals surface area contributed by atoms with Crippen LogP contribution in [0.15, 0.2) is 91.0 Å². The van der Waals surface area contributed by atoms with Crippen molar-refractivity contribution in [1.29, 1.82) is 0 Å². The fourth-order valence-corrected chi connectivity index (χ4v) is 2.55. The molecule has 26 heavy (non-hydrogen) atoms. The molecular weight excluding hydrogens is 444 g/mol. The van der Waals surface area contributed by atoms with Gasteiger partial charge in [-0.25, -0.2) is 12.1 Å². The van der Waals surface area contributed by atoms with Crippen LogP contribution in [0.2, 0.25) is 0 Å². The average Bonchev–Trinajstić information content (AvgIpc) is 3.42. The van der Waals surface area contributed by atoms with Crippen LogP contribution in [0.25, 0.3) is 27.5 Å². The quantitative estimate of drug-likeness (QED) is 0.285. The van der Waals surface area contributed by atoms with E-state index in [1.54, 1.807) is 4.80 Å². The zero-order chi connectivity index (χ0) is 18.2. The van der Waals surface area contributed by atoms with Gasteiger partial charge in [-0.15, -0.1) is 51.3 Å². The number of hydrogen-bond acceptors (Lipinski definition) is 2. The maximum Gasteiger partial charge on any atom is 0.113 e. The molecule has 5 rings (SSSR count). The number of aromatic nitrogens is 3. The van der Waals surface area contributed by atoms with E-state index in [1.165, 1.54) is 10.8 Å². The number of halogens is 2. The van der Waals surface area contributed by atoms with Crippen LogP contribution >= 0.6 is 17.0 Å². The SMILES string of the molecule is [Cl][Zr+2][Cl].c1cc[cH-]c1.c1ccc2[cH-]c(-n3nc4ccccc4n3)cc2c1. The fraction of sp³-hybridized carbons (Fsp3) is 0. The number of rotatable bonds is 1. The van der Waals surface area contributed by atoms with Crippen molar-refractivity contribution in [2.75, 3.05) is 0 Å². The normalized spacial score (nSPS) is 9.77. The van der Waals surface area contributed by atoms with Gasteiger partial charge in [-0.05, 0) is 17.8 Å². The van der Waals surface area contributed by atoms with E-state index in [9.17, 15) is 0 Å². The Labute approximate surface area is 170 Å². The molecule has 0 unspecified atom stereocenters. The molecule has 0 spiro atoms. The smallest absolute Gasteiger partial charge is 0.113 e. The molecule has 0 N–H and O–H groups in total. The van der Waals surface area contributed by atoms with Crippen LogP contribution in [0, 0.1) is 0 Å². The van der Waals surface area contributed by atoms with Crippen LogP contribution in [0.4, 0.5) is 0 Å². The van der Waals surface area contributed by atoms with Crippen LogP contribution < -0.4 is 0 Å². The molecule has 6 heteroatoms. The van der Waals surface area contributed by atoms with Gasteiger partial charge in [-0.1, -0.05) is 18.2 Å². The largest absolute Gasteiger partial charge is 0.214 e. The Bertz CT molecular complexity index is 896. The average molecular weight is 459 g/mol. The Kier molecular flexibility index (Phi) is 7.19. The van der Waals surface area contributed by atoms with Gasteiger partial charge in [-0.3, -0.25) is 0 Å². The van der Waals surface area contributed by atoms with Gasteiger partial charge in [0.2, 0.25) is 0 Å². The minimum atomic E-state index is -0.826. The van der Waals surface area contributed by atoms with Gasteiger partial charge in [-0.2, -0.15) is 23.0 Å². The fourth-order valence-electron chi connectivity index (χ4n) is 2.55. The van der Waals surface area contributed by atoms with E-state index < -0.39 is 20.8 Å². The minimum absolute atomic E-state index is 0.826. The molecule has 0 aliphatic heterocycles. The second kappa shape index (κ2) is 9.82. The van der Waals surface area contributed by atoms with Gasteiger partial charge < -0.3 is 0 Å². The molecule has 0 aliphatic carbocycles. The molecule has 0 atom stereocenters. The van der Waals surface area contributed by atoms with Gasteiger partial charge >= 0.3 is 37.9 Å². The van der Waals surface area contributed by atoms with Gasteiger partial charge in [0.05, 0.1) is 0 Å². The molecular formula is C20H15Cl2N3Zr. The first-order chi connectivity index (χ1) is 12.8. The van der Waals surface area contributed by atoms with E-state index in [1.807, 2.05) is 66.7 Å². The maximum atomic E-state index is 4.93. The Morgan fingerprint density at radius 2 is 1.38 bits per heavy atom. The number of nitrogens with zero attached hydrogens (tertiary/aromatic N) is 3. The molecule has 0 amide bonds. The van der Waals surface area contributed by atoms with E-state index in [4.69, 9.17) is 17.0 Å². The standard InChI is InChI=1S/C15H10N3.C5H5.2ClH.Zr/c1-2-6-12-10-13(9-11(12)5-1)18-16-14-7-3-4-8-15(14)17-18;1-2-4-5-3-1;;;/h1-10H;1-5H;2*1H;/q2*-1;;;+4/p-2. The first-order valence-corrected chi connectivity index (χ1v) is 14.3. The van der Waals surface area contributed by atoms with Gasteiger partial charge in [0, 0.05) is 0 Å². The van der Waals surface area contributed by atoms with Crippen LogP contribution in [0.1, 0.15) is 0 Å². The van der Waals surface area contributed by atoms with E-state index in [-0.39, 0.29) is 0 Å². The monoisotopic (exact) mass is 457 g/mol. The van der Waals surface area contributed by atoms with E-state index in [2.05, 4.69) is 34.5 Å². The Morgan fingerprint density at radius 3 is 1.92 bits per heavy atom. The summed E-state index contributed by atoms with van der Waals surface area (Å²) in [6, 6.07) is 30.4. The number of hydrogen-bond donors (Lipinski definition) is 0. The second-order valence-electron chi connectivity index (χ2n) is 5.35. The molecule has 4 aromatic carbocycles. The van der Waals surface area contributed by atoms with Gasteiger partial charge in [0.1, 0.15) is 11.0 Å². The number of fused-ring (bicyclic) bond motifs is 2. The van der Waals surface area contributed by atoms with Crippen molar-refractivity contribution in [1.82, 2.24) is 15.0 Å². The van der Waals surface area contributed by atoms with Crippen molar-refractivity contribution >= 4 is 38.8 Å². The van der Waals surface area contributed by atoms with E-state index in [0.29, 0.717) is 0 Å². The molecule has 0 fully saturated rings. The van der Waals surface area contributed by atoms with Crippen LogP contribution in [0.3, 0.4) is 0 Å². The van der Waals surface area contributed by atoms with Crippen LogP contribution in [-0.4, -0.2) is 15.0 Å². The summed E-state index contributed by atoms with van der Waals surface area (Å²) in [4.78, 5) is 1.70. The Hall–Kier alpha value is -1.74. The molecule has 0 radical (unpaired) electrons. The van der Waals surface area contributed by atoms with E-state index >= 15 is 0 Å². The summed E-state index contributed by atoms with van der Waals surface area (Å²) < 4.78 is 0. The third kappa shape index (κ3) is 4.91. The molecule has 0 aliphatic rings. The maximum absolute atomic E-state index is 4.93. The topological polar surface area (TPSA) is 30.7 Å². The van der Waals surface area contributed by atoms with Crippen molar-refractivity contribution in [3.8, 4) is 5.69 Å². The first kappa shape index (κ1) is 19.0. The summed E-state index contributed by atoms with van der Waals surface area (Å²) in [7, 11) is 9.87. The summed E-state index contributed by atoms with van der Waals surface area (Å²) in [6.07, 6.45) is 0. The molecule has 1 aromatic heterocycles. The second-order valence-corrected chi connectivity index (χ2v) is 9.09. The molecule has 0 saturated heterocycles. The summed E-state index contributed by atoms with van der Waals surface area (Å²) in [5.74, 6) is 0. The zero-order valence-corrected chi connectivity index (χ0v) is 17.7. The predicted molar refractivity (Wildman–Crippen MR) is 106 cm³/mol. The third-order valence-electron chi connectivity index (χ3n) is 3.68. The van der Waals surface area contributed by atoms with Gasteiger partial charge in [0.15, 0.2) is 0 Å². The summed E-state index contributed by atoms with van der Waals surface area (Å²) in [5.41, 5.74) is 2.85. The molecule has 1 heterocycles. The summed E-state index contributed by atoms with van der Waals surface area (Å²) in [6.45, 7) is 0. The molecule has 3 nitrogen and oxygen atoms in total.